The first-order chi connectivity index (χ1) is 13.4. The van der Waals surface area contributed by atoms with Crippen LogP contribution in [0.15, 0.2) is 24.3 Å². The first kappa shape index (κ1) is 17.3. The number of hydrogen-bond acceptors (Lipinski definition) is 8. The number of benzene rings is 1. The Balaban J connectivity index is 1.55. The number of likely N-dealkylation sites (N-methyl/N-ethyl adjacent to an activating group) is 1. The molecule has 28 heavy (non-hydrogen) atoms. The van der Waals surface area contributed by atoms with Crippen molar-refractivity contribution in [1.82, 2.24) is 4.90 Å². The normalized spacial score (nSPS) is 34.3. The van der Waals surface area contributed by atoms with Crippen LogP contribution in [-0.4, -0.2) is 59.5 Å². The third kappa shape index (κ3) is 2.19. The fourth-order valence-corrected chi connectivity index (χ4v) is 5.61. The van der Waals surface area contributed by atoms with Crippen LogP contribution in [0.25, 0.3) is 0 Å². The Labute approximate surface area is 160 Å². The van der Waals surface area contributed by atoms with Crippen LogP contribution in [0, 0.1) is 16.0 Å². The second-order valence-electron chi connectivity index (χ2n) is 7.89. The Morgan fingerprint density at radius 1 is 1.46 bits per heavy atom. The summed E-state index contributed by atoms with van der Waals surface area (Å²) in [6.45, 7) is 0.101. The molecule has 9 nitrogen and oxygen atoms in total. The Kier molecular flexibility index (Phi) is 3.61. The van der Waals surface area contributed by atoms with E-state index >= 15 is 0 Å². The second-order valence-corrected chi connectivity index (χ2v) is 7.89. The molecule has 2 heterocycles. The van der Waals surface area contributed by atoms with E-state index in [-0.39, 0.29) is 17.1 Å². The van der Waals surface area contributed by atoms with E-state index in [1.807, 2.05) is 6.07 Å². The van der Waals surface area contributed by atoms with Crippen LogP contribution in [0.5, 0.6) is 11.5 Å². The number of piperidine rings is 1. The summed E-state index contributed by atoms with van der Waals surface area (Å²) < 4.78 is 11.7. The van der Waals surface area contributed by atoms with Crippen molar-refractivity contribution in [2.75, 3.05) is 20.2 Å². The number of ether oxygens (including phenoxy) is 2. The number of rotatable bonds is 4. The molecule has 1 N–H and O–H groups in total. The van der Waals surface area contributed by atoms with E-state index in [1.54, 1.807) is 12.1 Å². The molecule has 0 radical (unpaired) electrons. The van der Waals surface area contributed by atoms with Crippen LogP contribution in [0.2, 0.25) is 0 Å². The fraction of sp³-hybridized carbons (Fsp3) is 0.526. The molecular formula is C19H20N2O7. The highest BCUT2D eigenvalue weighted by molar-refractivity contribution is 5.71. The van der Waals surface area contributed by atoms with E-state index in [4.69, 9.17) is 9.47 Å². The molecule has 148 valence electrons. The van der Waals surface area contributed by atoms with Crippen LogP contribution in [0.1, 0.15) is 17.5 Å². The molecular weight excluding hydrogens is 368 g/mol. The molecule has 0 aromatic heterocycles. The van der Waals surface area contributed by atoms with E-state index in [0.717, 1.165) is 30.5 Å². The van der Waals surface area contributed by atoms with Crippen molar-refractivity contribution in [2.45, 2.75) is 36.5 Å². The number of phenolic OH excluding ortho intramolecular Hbond substituents is 1. The number of esters is 1. The molecule has 1 aromatic rings. The quantitative estimate of drug-likeness (QED) is 0.351. The first-order valence-corrected chi connectivity index (χ1v) is 9.29. The molecule has 5 atom stereocenters. The van der Waals surface area contributed by atoms with Gasteiger partial charge in [-0.2, -0.15) is 0 Å². The maximum atomic E-state index is 12.0. The maximum absolute atomic E-state index is 12.0. The molecule has 5 rings (SSSR count). The molecule has 4 aliphatic rings. The molecule has 0 amide bonds. The van der Waals surface area contributed by atoms with Gasteiger partial charge in [-0.3, -0.25) is 0 Å². The van der Waals surface area contributed by atoms with Crippen LogP contribution in [0.4, 0.5) is 0 Å². The predicted molar refractivity (Wildman–Crippen MR) is 94.4 cm³/mol. The lowest BCUT2D eigenvalue weighted by Gasteiger charge is -2.56. The summed E-state index contributed by atoms with van der Waals surface area (Å²) in [5.74, 6) is -0.0931. The summed E-state index contributed by atoms with van der Waals surface area (Å²) in [5.41, 5.74) is 1.79. The number of phenols is 1. The van der Waals surface area contributed by atoms with Gasteiger partial charge in [0, 0.05) is 22.9 Å². The summed E-state index contributed by atoms with van der Waals surface area (Å²) in [4.78, 5) is 28.8. The average Bonchev–Trinajstić information content (AvgIpc) is 3.01. The molecule has 2 aliphatic heterocycles. The average molecular weight is 388 g/mol. The van der Waals surface area contributed by atoms with Gasteiger partial charge in [-0.15, -0.1) is 10.1 Å². The fourth-order valence-electron chi connectivity index (χ4n) is 5.61. The third-order valence-corrected chi connectivity index (χ3v) is 6.69. The standard InChI is InChI=1S/C19H20N2O7/c1-20-7-6-19-11-3-5-14(27-15(23)9-26-21(24)25)18(19)28-17-13(22)4-2-10(16(17)19)8-12(11)20/h2-5,11-12,14,18,22H,6-9H2,1H3/t11-,12+,14-,18-,19-/m0/s1. The molecule has 9 heteroatoms. The van der Waals surface area contributed by atoms with E-state index in [9.17, 15) is 20.0 Å². The molecule has 0 saturated carbocycles. The van der Waals surface area contributed by atoms with Crippen LogP contribution in [-0.2, 0) is 26.2 Å². The minimum atomic E-state index is -1.03. The van der Waals surface area contributed by atoms with E-state index in [0.29, 0.717) is 11.8 Å². The summed E-state index contributed by atoms with van der Waals surface area (Å²) in [6.07, 6.45) is 4.36. The number of aromatic hydroxyl groups is 1. The molecule has 2 aliphatic carbocycles. The highest BCUT2D eigenvalue weighted by atomic mass is 17.0. The SMILES string of the molecule is CN1CC[C@]23c4c5ccc(O)c4O[C@H]2[C@@H](OC(=O)CO[N+](=O)[O-])C=C[C@H]3[C@H]1C5. The zero-order chi connectivity index (χ0) is 19.6. The zero-order valence-electron chi connectivity index (χ0n) is 15.2. The van der Waals surface area contributed by atoms with Crippen molar-refractivity contribution in [2.24, 2.45) is 5.92 Å². The number of carbonyl (C=O) groups excluding carboxylic acids is 1. The van der Waals surface area contributed by atoms with Gasteiger partial charge in [0.15, 0.2) is 24.2 Å². The van der Waals surface area contributed by atoms with Crippen molar-refractivity contribution < 1.29 is 29.3 Å². The van der Waals surface area contributed by atoms with Crippen molar-refractivity contribution in [3.05, 3.63) is 45.5 Å². The predicted octanol–water partition coefficient (Wildman–Crippen LogP) is 0.957. The lowest BCUT2D eigenvalue weighted by molar-refractivity contribution is -0.754. The van der Waals surface area contributed by atoms with E-state index in [2.05, 4.69) is 22.9 Å². The van der Waals surface area contributed by atoms with Crippen LogP contribution in [0.3, 0.4) is 0 Å². The van der Waals surface area contributed by atoms with Gasteiger partial charge in [0.2, 0.25) is 0 Å². The van der Waals surface area contributed by atoms with Crippen molar-refractivity contribution in [1.29, 1.82) is 0 Å². The largest absolute Gasteiger partial charge is 0.504 e. The Morgan fingerprint density at radius 3 is 3.07 bits per heavy atom. The molecule has 0 unspecified atom stereocenters. The van der Waals surface area contributed by atoms with Crippen LogP contribution < -0.4 is 4.74 Å². The van der Waals surface area contributed by atoms with E-state index in [1.165, 1.54) is 0 Å². The Bertz CT molecular complexity index is 901. The summed E-state index contributed by atoms with van der Waals surface area (Å²) in [7, 11) is 2.11. The number of hydrogen-bond donors (Lipinski definition) is 1. The van der Waals surface area contributed by atoms with Gasteiger partial charge in [-0.25, -0.2) is 4.79 Å². The summed E-state index contributed by atoms with van der Waals surface area (Å²) in [6, 6.07) is 3.90. The highest BCUT2D eigenvalue weighted by Crippen LogP contribution is 2.62. The van der Waals surface area contributed by atoms with Gasteiger partial charge in [0.1, 0.15) is 6.10 Å². The minimum absolute atomic E-state index is 0.0837. The monoisotopic (exact) mass is 388 g/mol. The Morgan fingerprint density at radius 2 is 2.29 bits per heavy atom. The Hall–Kier alpha value is -2.81. The lowest BCUT2D eigenvalue weighted by Crippen LogP contribution is -2.65. The smallest absolute Gasteiger partial charge is 0.332 e. The van der Waals surface area contributed by atoms with Gasteiger partial charge in [-0.05, 0) is 44.1 Å². The number of carbonyl (C=O) groups is 1. The summed E-state index contributed by atoms with van der Waals surface area (Å²) >= 11 is 0. The van der Waals surface area contributed by atoms with Crippen molar-refractivity contribution in [3.8, 4) is 11.5 Å². The van der Waals surface area contributed by atoms with Crippen LogP contribution >= 0.6 is 0 Å². The zero-order valence-corrected chi connectivity index (χ0v) is 15.2. The summed E-state index contributed by atoms with van der Waals surface area (Å²) in [5, 5.41) is 19.7. The number of nitrogens with zero attached hydrogens (tertiary/aromatic N) is 2. The van der Waals surface area contributed by atoms with Gasteiger partial charge >= 0.3 is 5.97 Å². The van der Waals surface area contributed by atoms with Gasteiger partial charge in [0.25, 0.3) is 5.09 Å². The second kappa shape index (κ2) is 5.84. The third-order valence-electron chi connectivity index (χ3n) is 6.69. The number of likely N-dealkylation sites (tertiary alicyclic amines) is 1. The molecule has 1 saturated heterocycles. The van der Waals surface area contributed by atoms with Gasteiger partial charge in [0.05, 0.1) is 0 Å². The topological polar surface area (TPSA) is 111 Å². The van der Waals surface area contributed by atoms with E-state index < -0.39 is 29.9 Å². The molecule has 1 spiro atoms. The van der Waals surface area contributed by atoms with Gasteiger partial charge in [-0.1, -0.05) is 12.1 Å². The lowest BCUT2D eigenvalue weighted by atomic mass is 9.53. The highest BCUT2D eigenvalue weighted by Gasteiger charge is 2.65. The van der Waals surface area contributed by atoms with Crippen molar-refractivity contribution >= 4 is 5.97 Å². The minimum Gasteiger partial charge on any atom is -0.504 e. The first-order valence-electron chi connectivity index (χ1n) is 9.29. The van der Waals surface area contributed by atoms with Gasteiger partial charge < -0.3 is 24.3 Å². The maximum Gasteiger partial charge on any atom is 0.332 e. The molecule has 1 aromatic carbocycles. The van der Waals surface area contributed by atoms with Crippen molar-refractivity contribution in [3.63, 3.8) is 0 Å². The molecule has 1 fully saturated rings. The molecule has 2 bridgehead atoms.